The monoisotopic (exact) mass is 229 g/mol. The van der Waals surface area contributed by atoms with E-state index in [2.05, 4.69) is 22.9 Å². The molecule has 2 fully saturated rings. The van der Waals surface area contributed by atoms with Crippen LogP contribution in [-0.2, 0) is 4.79 Å². The molecule has 0 saturated carbocycles. The fourth-order valence-electron chi connectivity index (χ4n) is 1.83. The lowest BCUT2D eigenvalue weighted by Gasteiger charge is -2.23. The van der Waals surface area contributed by atoms with E-state index in [1.54, 1.807) is 0 Å². The summed E-state index contributed by atoms with van der Waals surface area (Å²) in [5.41, 5.74) is 0. The predicted octanol–water partition coefficient (Wildman–Crippen LogP) is -0.927. The van der Waals surface area contributed by atoms with E-state index in [0.29, 0.717) is 12.3 Å². The van der Waals surface area contributed by atoms with Crippen LogP contribution in [0.1, 0.15) is 19.8 Å². The molecule has 0 aromatic heterocycles. The zero-order chi connectivity index (χ0) is 11.8. The van der Waals surface area contributed by atoms with Crippen LogP contribution in [0.25, 0.3) is 0 Å². The maximum atomic E-state index is 10.5. The summed E-state index contributed by atoms with van der Waals surface area (Å²) in [6.45, 7) is 6.51. The van der Waals surface area contributed by atoms with Gasteiger partial charge < -0.3 is 21.1 Å². The van der Waals surface area contributed by atoms with Crippen LogP contribution < -0.4 is 16.0 Å². The standard InChI is InChI=1S/C6H13NO.C5H10N2O/c1-5-2-6(8)4-7-3-5;8-5-1-2-6-3-4-7-5/h5-8H,2-4H2,1H3;6H,1-4H2,(H,7,8)/t5-,6-;/m0./s1. The Morgan fingerprint density at radius 3 is 2.62 bits per heavy atom. The maximum Gasteiger partial charge on any atom is 0.221 e. The van der Waals surface area contributed by atoms with E-state index in [-0.39, 0.29) is 12.0 Å². The van der Waals surface area contributed by atoms with Crippen molar-refractivity contribution in [2.24, 2.45) is 5.92 Å². The fourth-order valence-corrected chi connectivity index (χ4v) is 1.83. The van der Waals surface area contributed by atoms with Crippen molar-refractivity contribution in [2.45, 2.75) is 25.9 Å². The Kier molecular flexibility index (Phi) is 6.37. The lowest BCUT2D eigenvalue weighted by molar-refractivity contribution is -0.120. The molecule has 2 saturated heterocycles. The number of hydrogen-bond acceptors (Lipinski definition) is 4. The smallest absolute Gasteiger partial charge is 0.221 e. The summed E-state index contributed by atoms with van der Waals surface area (Å²) in [6.07, 6.45) is 1.49. The first kappa shape index (κ1) is 13.4. The van der Waals surface area contributed by atoms with Crippen LogP contribution >= 0.6 is 0 Å². The first-order valence-electron chi connectivity index (χ1n) is 6.04. The third-order valence-corrected chi connectivity index (χ3v) is 2.70. The lowest BCUT2D eigenvalue weighted by atomic mass is 10.0. The van der Waals surface area contributed by atoms with E-state index in [0.717, 1.165) is 39.1 Å². The molecule has 2 heterocycles. The number of rotatable bonds is 0. The molecule has 0 radical (unpaired) electrons. The normalized spacial score (nSPS) is 30.8. The second kappa shape index (κ2) is 7.60. The van der Waals surface area contributed by atoms with Gasteiger partial charge in [0.15, 0.2) is 0 Å². The molecule has 0 bridgehead atoms. The van der Waals surface area contributed by atoms with Crippen molar-refractivity contribution in [1.82, 2.24) is 16.0 Å². The van der Waals surface area contributed by atoms with E-state index in [1.165, 1.54) is 0 Å². The number of hydrogen-bond donors (Lipinski definition) is 4. The van der Waals surface area contributed by atoms with Crippen molar-refractivity contribution >= 4 is 5.91 Å². The second-order valence-electron chi connectivity index (χ2n) is 4.50. The summed E-state index contributed by atoms with van der Waals surface area (Å²) >= 11 is 0. The van der Waals surface area contributed by atoms with Crippen LogP contribution in [0.15, 0.2) is 0 Å². The predicted molar refractivity (Wildman–Crippen MR) is 63.2 cm³/mol. The van der Waals surface area contributed by atoms with Crippen LogP contribution in [0.2, 0.25) is 0 Å². The molecule has 0 aromatic carbocycles. The maximum absolute atomic E-state index is 10.5. The van der Waals surface area contributed by atoms with Crippen LogP contribution in [0, 0.1) is 5.92 Å². The molecule has 5 nitrogen and oxygen atoms in total. The molecule has 2 atom stereocenters. The molecule has 1 amide bonds. The molecular weight excluding hydrogens is 206 g/mol. The van der Waals surface area contributed by atoms with E-state index in [1.807, 2.05) is 0 Å². The zero-order valence-corrected chi connectivity index (χ0v) is 9.96. The van der Waals surface area contributed by atoms with Crippen LogP contribution in [0.5, 0.6) is 0 Å². The number of aliphatic hydroxyl groups is 1. The second-order valence-corrected chi connectivity index (χ2v) is 4.50. The Balaban J connectivity index is 0.000000160. The molecule has 16 heavy (non-hydrogen) atoms. The molecule has 0 unspecified atom stereocenters. The van der Waals surface area contributed by atoms with Gasteiger partial charge in [0, 0.05) is 32.6 Å². The van der Waals surface area contributed by atoms with Gasteiger partial charge in [-0.05, 0) is 18.9 Å². The highest BCUT2D eigenvalue weighted by molar-refractivity contribution is 5.76. The largest absolute Gasteiger partial charge is 0.392 e. The molecule has 2 aliphatic heterocycles. The van der Waals surface area contributed by atoms with Crippen LogP contribution in [0.4, 0.5) is 0 Å². The quantitative estimate of drug-likeness (QED) is 0.433. The van der Waals surface area contributed by atoms with Gasteiger partial charge in [-0.15, -0.1) is 0 Å². The van der Waals surface area contributed by atoms with E-state index >= 15 is 0 Å². The Morgan fingerprint density at radius 2 is 2.00 bits per heavy atom. The first-order chi connectivity index (χ1) is 7.68. The molecule has 4 N–H and O–H groups in total. The van der Waals surface area contributed by atoms with Crippen molar-refractivity contribution in [3.8, 4) is 0 Å². The summed E-state index contributed by atoms with van der Waals surface area (Å²) in [4.78, 5) is 10.5. The van der Waals surface area contributed by atoms with Gasteiger partial charge in [-0.25, -0.2) is 0 Å². The molecule has 0 aromatic rings. The number of carbonyl (C=O) groups excluding carboxylic acids is 1. The van der Waals surface area contributed by atoms with Crippen LogP contribution in [0.3, 0.4) is 0 Å². The number of carbonyl (C=O) groups is 1. The summed E-state index contributed by atoms with van der Waals surface area (Å²) in [6, 6.07) is 0. The van der Waals surface area contributed by atoms with Gasteiger partial charge in [-0.1, -0.05) is 6.92 Å². The van der Waals surface area contributed by atoms with Gasteiger partial charge in [-0.2, -0.15) is 0 Å². The van der Waals surface area contributed by atoms with Crippen LogP contribution in [-0.4, -0.2) is 49.8 Å². The van der Waals surface area contributed by atoms with Crippen molar-refractivity contribution < 1.29 is 9.90 Å². The number of amides is 1. The van der Waals surface area contributed by atoms with Crippen molar-refractivity contribution in [2.75, 3.05) is 32.7 Å². The van der Waals surface area contributed by atoms with Gasteiger partial charge in [0.25, 0.3) is 0 Å². The summed E-state index contributed by atoms with van der Waals surface area (Å²) < 4.78 is 0. The minimum Gasteiger partial charge on any atom is -0.392 e. The average Bonchev–Trinajstić information content (AvgIpc) is 2.46. The topological polar surface area (TPSA) is 73.4 Å². The van der Waals surface area contributed by atoms with E-state index in [4.69, 9.17) is 5.11 Å². The van der Waals surface area contributed by atoms with Crippen molar-refractivity contribution in [3.05, 3.63) is 0 Å². The Bertz CT molecular complexity index is 193. The third kappa shape index (κ3) is 6.05. The summed E-state index contributed by atoms with van der Waals surface area (Å²) in [7, 11) is 0. The van der Waals surface area contributed by atoms with E-state index in [9.17, 15) is 4.79 Å². The number of nitrogens with one attached hydrogen (secondary N) is 3. The first-order valence-corrected chi connectivity index (χ1v) is 6.04. The Hall–Kier alpha value is -0.650. The highest BCUT2D eigenvalue weighted by atomic mass is 16.3. The SMILES string of the molecule is C[C@@H]1CNC[C@@H](O)C1.O=C1CCNCCN1. The van der Waals surface area contributed by atoms with Gasteiger partial charge in [-0.3, -0.25) is 4.79 Å². The van der Waals surface area contributed by atoms with Gasteiger partial charge in [0.05, 0.1) is 6.10 Å². The van der Waals surface area contributed by atoms with Gasteiger partial charge >= 0.3 is 0 Å². The number of β-amino-alcohol motifs (C(OH)–C–C–N with tert-alkyl or cyclic N) is 1. The summed E-state index contributed by atoms with van der Waals surface area (Å²) in [5, 5.41) is 18.0. The molecule has 0 spiro atoms. The summed E-state index contributed by atoms with van der Waals surface area (Å²) in [5.74, 6) is 0.814. The highest BCUT2D eigenvalue weighted by Gasteiger charge is 2.14. The fraction of sp³-hybridized carbons (Fsp3) is 0.909. The number of piperidine rings is 1. The Morgan fingerprint density at radius 1 is 1.19 bits per heavy atom. The zero-order valence-electron chi connectivity index (χ0n) is 9.96. The molecule has 94 valence electrons. The highest BCUT2D eigenvalue weighted by Crippen LogP contribution is 2.07. The Labute approximate surface area is 97.0 Å². The molecule has 2 aliphatic rings. The lowest BCUT2D eigenvalue weighted by Crippen LogP contribution is -2.38. The van der Waals surface area contributed by atoms with Gasteiger partial charge in [0.2, 0.25) is 5.91 Å². The third-order valence-electron chi connectivity index (χ3n) is 2.70. The molecule has 0 aliphatic carbocycles. The minimum absolute atomic E-state index is 0.0984. The molecular formula is C11H23N3O2. The van der Waals surface area contributed by atoms with Crippen molar-refractivity contribution in [3.63, 3.8) is 0 Å². The average molecular weight is 229 g/mol. The minimum atomic E-state index is -0.0984. The molecule has 5 heteroatoms. The molecule has 2 rings (SSSR count). The number of aliphatic hydroxyl groups excluding tert-OH is 1. The van der Waals surface area contributed by atoms with Gasteiger partial charge in [0.1, 0.15) is 0 Å². The van der Waals surface area contributed by atoms with Crippen molar-refractivity contribution in [1.29, 1.82) is 0 Å². The van der Waals surface area contributed by atoms with E-state index < -0.39 is 0 Å².